The molecule has 2 aromatic carbocycles. The van der Waals surface area contributed by atoms with Crippen LogP contribution in [0.15, 0.2) is 59.8 Å². The molecule has 0 atom stereocenters. The fourth-order valence-corrected chi connectivity index (χ4v) is 3.69. The van der Waals surface area contributed by atoms with Crippen molar-refractivity contribution in [2.45, 2.75) is 38.2 Å². The van der Waals surface area contributed by atoms with Crippen molar-refractivity contribution in [3.05, 3.63) is 65.7 Å². The smallest absolute Gasteiger partial charge is 0.388 e. The summed E-state index contributed by atoms with van der Waals surface area (Å²) < 4.78 is 0. The zero-order valence-corrected chi connectivity index (χ0v) is 16.1. The number of amides is 1. The third-order valence-corrected chi connectivity index (χ3v) is 5.37. The van der Waals surface area contributed by atoms with E-state index in [-0.39, 0.29) is 5.60 Å². The normalized spacial score (nSPS) is 18.4. The molecule has 1 saturated heterocycles. The number of rotatable bonds is 4. The van der Waals surface area contributed by atoms with Gasteiger partial charge in [-0.15, -0.1) is 5.06 Å². The number of piperidine rings is 1. The van der Waals surface area contributed by atoms with Gasteiger partial charge >= 0.3 is 6.09 Å². The molecule has 6 heteroatoms. The van der Waals surface area contributed by atoms with Gasteiger partial charge in [-0.3, -0.25) is 5.32 Å². The van der Waals surface area contributed by atoms with E-state index in [1.807, 2.05) is 42.5 Å². The molecule has 1 N–H and O–H groups in total. The average molecular weight is 379 g/mol. The molecule has 0 saturated carbocycles. The van der Waals surface area contributed by atoms with Gasteiger partial charge in [0.15, 0.2) is 0 Å². The third-order valence-electron chi connectivity index (χ3n) is 5.37. The maximum absolute atomic E-state index is 12.2. The summed E-state index contributed by atoms with van der Waals surface area (Å²) in [4.78, 5) is 23.5. The van der Waals surface area contributed by atoms with E-state index in [0.717, 1.165) is 42.6 Å². The van der Waals surface area contributed by atoms with Gasteiger partial charge in [-0.1, -0.05) is 54.5 Å². The highest BCUT2D eigenvalue weighted by Gasteiger charge is 2.43. The fourth-order valence-electron chi connectivity index (χ4n) is 3.69. The van der Waals surface area contributed by atoms with E-state index in [2.05, 4.69) is 29.5 Å². The summed E-state index contributed by atoms with van der Waals surface area (Å²) in [5.41, 5.74) is 3.73. The van der Waals surface area contributed by atoms with Crippen LogP contribution in [-0.4, -0.2) is 35.6 Å². The van der Waals surface area contributed by atoms with Crippen LogP contribution >= 0.6 is 0 Å². The standard InChI is InChI=1S/C22H25N3O3/c1-2-17-7-6-10-19(15-17)23-21(26)27-25-13-11-22(12-14-25)16-20(24-28-22)18-8-4-3-5-9-18/h3-10,15H,2,11-14,16H2,1H3,(H,23,26). The van der Waals surface area contributed by atoms with Crippen LogP contribution in [0.4, 0.5) is 10.5 Å². The Labute approximate surface area is 165 Å². The second-order valence-electron chi connectivity index (χ2n) is 7.34. The van der Waals surface area contributed by atoms with E-state index in [1.165, 1.54) is 5.56 Å². The van der Waals surface area contributed by atoms with Gasteiger partial charge in [-0.25, -0.2) is 4.79 Å². The van der Waals surface area contributed by atoms with Crippen molar-refractivity contribution in [3.8, 4) is 0 Å². The molecule has 0 bridgehead atoms. The zero-order valence-electron chi connectivity index (χ0n) is 16.1. The number of nitrogens with one attached hydrogen (secondary N) is 1. The molecule has 1 fully saturated rings. The number of nitrogens with zero attached hydrogens (tertiary/aromatic N) is 2. The number of anilines is 1. The van der Waals surface area contributed by atoms with Crippen molar-refractivity contribution in [2.24, 2.45) is 5.16 Å². The largest absolute Gasteiger partial charge is 0.430 e. The first-order valence-electron chi connectivity index (χ1n) is 9.79. The summed E-state index contributed by atoms with van der Waals surface area (Å²) >= 11 is 0. The Morgan fingerprint density at radius 3 is 2.71 bits per heavy atom. The van der Waals surface area contributed by atoms with Crippen LogP contribution in [0, 0.1) is 0 Å². The van der Waals surface area contributed by atoms with E-state index in [9.17, 15) is 4.79 Å². The van der Waals surface area contributed by atoms with E-state index < -0.39 is 6.09 Å². The second-order valence-corrected chi connectivity index (χ2v) is 7.34. The van der Waals surface area contributed by atoms with Gasteiger partial charge < -0.3 is 9.68 Å². The number of hydrogen-bond donors (Lipinski definition) is 1. The fraction of sp³-hybridized carbons (Fsp3) is 0.364. The first-order chi connectivity index (χ1) is 13.7. The molecular formula is C22H25N3O3. The highest BCUT2D eigenvalue weighted by atomic mass is 16.7. The third kappa shape index (κ3) is 4.17. The number of benzene rings is 2. The minimum Gasteiger partial charge on any atom is -0.388 e. The molecule has 4 rings (SSSR count). The molecule has 0 aromatic heterocycles. The Morgan fingerprint density at radius 1 is 1.18 bits per heavy atom. The van der Waals surface area contributed by atoms with Crippen LogP contribution in [0.2, 0.25) is 0 Å². The predicted octanol–water partition coefficient (Wildman–Crippen LogP) is 4.37. The average Bonchev–Trinajstić information content (AvgIpc) is 3.14. The van der Waals surface area contributed by atoms with Crippen LogP contribution in [0.5, 0.6) is 0 Å². The summed E-state index contributed by atoms with van der Waals surface area (Å²) in [6, 6.07) is 17.9. The Balaban J connectivity index is 1.27. The molecule has 146 valence electrons. The van der Waals surface area contributed by atoms with Gasteiger partial charge in [-0.05, 0) is 29.7 Å². The molecule has 2 aliphatic heterocycles. The van der Waals surface area contributed by atoms with Gasteiger partial charge in [0.05, 0.1) is 5.71 Å². The maximum atomic E-state index is 12.2. The quantitative estimate of drug-likeness (QED) is 0.857. The predicted molar refractivity (Wildman–Crippen MR) is 108 cm³/mol. The molecule has 2 aliphatic rings. The molecule has 0 radical (unpaired) electrons. The van der Waals surface area contributed by atoms with Crippen LogP contribution in [0.3, 0.4) is 0 Å². The number of carbonyl (C=O) groups excluding carboxylic acids is 1. The molecule has 1 spiro atoms. The van der Waals surface area contributed by atoms with Crippen molar-refractivity contribution < 1.29 is 14.5 Å². The van der Waals surface area contributed by atoms with Crippen LogP contribution in [0.1, 0.15) is 37.3 Å². The molecule has 0 aliphatic carbocycles. The summed E-state index contributed by atoms with van der Waals surface area (Å²) in [5, 5.41) is 8.82. The lowest BCUT2D eigenvalue weighted by Crippen LogP contribution is -2.45. The minimum atomic E-state index is -0.460. The van der Waals surface area contributed by atoms with Gasteiger partial charge in [0.2, 0.25) is 0 Å². The lowest BCUT2D eigenvalue weighted by molar-refractivity contribution is -0.154. The Kier molecular flexibility index (Phi) is 5.30. The molecule has 6 nitrogen and oxygen atoms in total. The van der Waals surface area contributed by atoms with Crippen molar-refractivity contribution in [1.29, 1.82) is 0 Å². The first-order valence-corrected chi connectivity index (χ1v) is 9.79. The Bertz CT molecular complexity index is 858. The van der Waals surface area contributed by atoms with E-state index in [1.54, 1.807) is 5.06 Å². The SMILES string of the molecule is CCc1cccc(NC(=O)ON2CCC3(CC2)CC(c2ccccc2)=NO3)c1. The Morgan fingerprint density at radius 2 is 1.96 bits per heavy atom. The van der Waals surface area contributed by atoms with Crippen LogP contribution in [-0.2, 0) is 16.1 Å². The molecular weight excluding hydrogens is 354 g/mol. The topological polar surface area (TPSA) is 63.2 Å². The first kappa shape index (κ1) is 18.5. The zero-order chi connectivity index (χ0) is 19.4. The molecule has 28 heavy (non-hydrogen) atoms. The summed E-state index contributed by atoms with van der Waals surface area (Å²) in [7, 11) is 0. The second kappa shape index (κ2) is 8.02. The van der Waals surface area contributed by atoms with Crippen LogP contribution in [0.25, 0.3) is 0 Å². The van der Waals surface area contributed by atoms with Gasteiger partial charge in [0.1, 0.15) is 5.60 Å². The molecule has 2 aromatic rings. The lowest BCUT2D eigenvalue weighted by atomic mass is 9.86. The van der Waals surface area contributed by atoms with Crippen molar-refractivity contribution >= 4 is 17.5 Å². The lowest BCUT2D eigenvalue weighted by Gasteiger charge is -2.35. The van der Waals surface area contributed by atoms with Crippen molar-refractivity contribution in [3.63, 3.8) is 0 Å². The number of hydrogen-bond acceptors (Lipinski definition) is 5. The highest BCUT2D eigenvalue weighted by molar-refractivity contribution is 6.01. The maximum Gasteiger partial charge on any atom is 0.430 e. The summed E-state index contributed by atoms with van der Waals surface area (Å²) in [6.07, 6.45) is 2.79. The highest BCUT2D eigenvalue weighted by Crippen LogP contribution is 2.36. The summed E-state index contributed by atoms with van der Waals surface area (Å²) in [5.74, 6) is 0. The molecule has 0 unspecified atom stereocenters. The Hall–Kier alpha value is -2.86. The van der Waals surface area contributed by atoms with E-state index >= 15 is 0 Å². The van der Waals surface area contributed by atoms with Crippen molar-refractivity contribution in [2.75, 3.05) is 18.4 Å². The number of aryl methyl sites for hydroxylation is 1. The van der Waals surface area contributed by atoms with Gasteiger partial charge in [-0.2, -0.15) is 0 Å². The van der Waals surface area contributed by atoms with Crippen molar-refractivity contribution in [1.82, 2.24) is 5.06 Å². The minimum absolute atomic E-state index is 0.281. The number of oxime groups is 1. The molecule has 1 amide bonds. The summed E-state index contributed by atoms with van der Waals surface area (Å²) in [6.45, 7) is 3.33. The number of hydroxylamine groups is 2. The van der Waals surface area contributed by atoms with E-state index in [4.69, 9.17) is 9.68 Å². The monoisotopic (exact) mass is 379 g/mol. The van der Waals surface area contributed by atoms with Gasteiger partial charge in [0, 0.05) is 38.0 Å². The van der Waals surface area contributed by atoms with E-state index in [0.29, 0.717) is 13.1 Å². The number of carbonyl (C=O) groups is 1. The van der Waals surface area contributed by atoms with Crippen LogP contribution < -0.4 is 5.32 Å². The van der Waals surface area contributed by atoms with Gasteiger partial charge in [0.25, 0.3) is 0 Å². The molecule has 2 heterocycles.